The molecule has 1 aromatic heterocycles. The molecule has 1 aliphatic heterocycles. The molecule has 3 amide bonds. The fourth-order valence-electron chi connectivity index (χ4n) is 6.67. The van der Waals surface area contributed by atoms with E-state index in [1.165, 1.54) is 0 Å². The number of benzene rings is 1. The lowest BCUT2D eigenvalue weighted by Gasteiger charge is -2.39. The van der Waals surface area contributed by atoms with Gasteiger partial charge in [0.15, 0.2) is 6.29 Å². The number of aliphatic hydroxyl groups excluding tert-OH is 4. The number of carbonyl (C=O) groups excluding carboxylic acids is 3. The molecule has 0 unspecified atom stereocenters. The molecule has 4 rings (SSSR count). The molecule has 18 nitrogen and oxygen atoms in total. The summed E-state index contributed by atoms with van der Waals surface area (Å²) >= 11 is 0. The SMILES string of the molecule is C#CCCC(=O)NCCCC[C@H](NC(=O)C1CCCC1)C(=O)NCCOCCOCCOCCn1cc(-c2ccc(CCO[C@@H]3O[C@H](CO)[C@@H](O)[C@H](O)[C@H]3O)cc2)nn1. The molecule has 2 fully saturated rings. The molecule has 18 heteroatoms. The second-order valence-corrected chi connectivity index (χ2v) is 14.6. The Morgan fingerprint density at radius 1 is 0.898 bits per heavy atom. The first-order chi connectivity index (χ1) is 28.7. The zero-order valence-corrected chi connectivity index (χ0v) is 33.8. The highest BCUT2D eigenvalue weighted by Crippen LogP contribution is 2.25. The third-order valence-corrected chi connectivity index (χ3v) is 10.2. The van der Waals surface area contributed by atoms with Crippen LogP contribution in [0.3, 0.4) is 0 Å². The number of hydrogen-bond donors (Lipinski definition) is 7. The molecule has 1 aliphatic carbocycles. The summed E-state index contributed by atoms with van der Waals surface area (Å²) in [6, 6.07) is 7.03. The molecule has 59 heavy (non-hydrogen) atoms. The van der Waals surface area contributed by atoms with E-state index in [0.29, 0.717) is 103 Å². The highest BCUT2D eigenvalue weighted by molar-refractivity contribution is 5.88. The molecule has 2 heterocycles. The Kier molecular flexibility index (Phi) is 21.8. The van der Waals surface area contributed by atoms with Crippen LogP contribution in [0.5, 0.6) is 0 Å². The number of terminal acetylenes is 1. The van der Waals surface area contributed by atoms with Crippen molar-refractivity contribution in [3.63, 3.8) is 0 Å². The van der Waals surface area contributed by atoms with Gasteiger partial charge in [-0.15, -0.1) is 17.4 Å². The van der Waals surface area contributed by atoms with Crippen molar-refractivity contribution in [3.05, 3.63) is 36.0 Å². The Labute approximate surface area is 345 Å². The fourth-order valence-corrected chi connectivity index (χ4v) is 6.67. The molecule has 7 N–H and O–H groups in total. The van der Waals surface area contributed by atoms with Gasteiger partial charge < -0.3 is 60.1 Å². The number of rotatable bonds is 28. The molecule has 1 saturated heterocycles. The van der Waals surface area contributed by atoms with Crippen molar-refractivity contribution in [2.45, 2.75) is 108 Å². The van der Waals surface area contributed by atoms with Crippen LogP contribution in [-0.2, 0) is 51.0 Å². The number of unbranched alkanes of at least 4 members (excludes halogenated alkanes) is 1. The van der Waals surface area contributed by atoms with E-state index < -0.39 is 43.4 Å². The second-order valence-electron chi connectivity index (χ2n) is 14.6. The van der Waals surface area contributed by atoms with Gasteiger partial charge in [-0.05, 0) is 44.1 Å². The average molecular weight is 831 g/mol. The molecular weight excluding hydrogens is 768 g/mol. The van der Waals surface area contributed by atoms with Gasteiger partial charge in [-0.25, -0.2) is 4.68 Å². The van der Waals surface area contributed by atoms with E-state index >= 15 is 0 Å². The average Bonchev–Trinajstić information content (AvgIpc) is 3.97. The van der Waals surface area contributed by atoms with Crippen LogP contribution in [0.2, 0.25) is 0 Å². The number of nitrogens with one attached hydrogen (secondary N) is 3. The predicted octanol–water partition coefficient (Wildman–Crippen LogP) is -0.155. The van der Waals surface area contributed by atoms with Gasteiger partial charge in [0.2, 0.25) is 17.7 Å². The second kappa shape index (κ2) is 26.9. The topological polar surface area (TPSA) is 245 Å². The number of carbonyl (C=O) groups is 3. The van der Waals surface area contributed by atoms with Crippen LogP contribution in [0.15, 0.2) is 30.5 Å². The maximum absolute atomic E-state index is 13.0. The summed E-state index contributed by atoms with van der Waals surface area (Å²) in [6.07, 6.45) is 7.25. The smallest absolute Gasteiger partial charge is 0.242 e. The Bertz CT molecular complexity index is 1560. The molecule has 1 aromatic carbocycles. The summed E-state index contributed by atoms with van der Waals surface area (Å²) in [5.74, 6) is 1.98. The van der Waals surface area contributed by atoms with Gasteiger partial charge in [0.25, 0.3) is 0 Å². The van der Waals surface area contributed by atoms with Gasteiger partial charge in [0, 0.05) is 37.4 Å². The number of hydrogen-bond acceptors (Lipinski definition) is 14. The van der Waals surface area contributed by atoms with E-state index in [2.05, 4.69) is 32.2 Å². The van der Waals surface area contributed by atoms with Gasteiger partial charge in [0.05, 0.1) is 65.6 Å². The normalized spacial score (nSPS) is 21.2. The fraction of sp³-hybridized carbons (Fsp3) is 0.683. The van der Waals surface area contributed by atoms with Crippen molar-refractivity contribution in [1.29, 1.82) is 0 Å². The lowest BCUT2D eigenvalue weighted by atomic mass is 9.99. The van der Waals surface area contributed by atoms with Crippen LogP contribution >= 0.6 is 0 Å². The summed E-state index contributed by atoms with van der Waals surface area (Å²) in [5.41, 5.74) is 2.54. The maximum atomic E-state index is 13.0. The molecule has 2 aliphatic rings. The van der Waals surface area contributed by atoms with Crippen molar-refractivity contribution < 1.29 is 58.5 Å². The third-order valence-electron chi connectivity index (χ3n) is 10.2. The van der Waals surface area contributed by atoms with E-state index in [9.17, 15) is 34.8 Å². The number of aliphatic hydroxyl groups is 4. The highest BCUT2D eigenvalue weighted by Gasteiger charge is 2.44. The molecule has 0 spiro atoms. The summed E-state index contributed by atoms with van der Waals surface area (Å²) < 4.78 is 29.5. The Morgan fingerprint density at radius 3 is 2.32 bits per heavy atom. The third kappa shape index (κ3) is 16.9. The van der Waals surface area contributed by atoms with Gasteiger partial charge in [0.1, 0.15) is 36.2 Å². The van der Waals surface area contributed by atoms with Gasteiger partial charge in [-0.3, -0.25) is 14.4 Å². The van der Waals surface area contributed by atoms with E-state index in [-0.39, 0.29) is 30.2 Å². The van der Waals surface area contributed by atoms with Crippen LogP contribution in [0.4, 0.5) is 0 Å². The number of nitrogens with zero attached hydrogens (tertiary/aromatic N) is 3. The Morgan fingerprint density at radius 2 is 1.61 bits per heavy atom. The lowest BCUT2D eigenvalue weighted by molar-refractivity contribution is -0.300. The zero-order valence-electron chi connectivity index (χ0n) is 33.8. The van der Waals surface area contributed by atoms with Crippen molar-refractivity contribution in [3.8, 4) is 23.6 Å². The van der Waals surface area contributed by atoms with E-state index in [1.807, 2.05) is 30.5 Å². The maximum Gasteiger partial charge on any atom is 0.242 e. The number of aromatic nitrogens is 3. The quantitative estimate of drug-likeness (QED) is 0.0436. The summed E-state index contributed by atoms with van der Waals surface area (Å²) in [4.78, 5) is 37.5. The van der Waals surface area contributed by atoms with E-state index in [0.717, 1.165) is 36.8 Å². The molecule has 1 saturated carbocycles. The van der Waals surface area contributed by atoms with E-state index in [4.69, 9.17) is 30.1 Å². The van der Waals surface area contributed by atoms with Crippen molar-refractivity contribution >= 4 is 17.7 Å². The molecule has 6 atom stereocenters. The molecule has 0 radical (unpaired) electrons. The number of ether oxygens (including phenoxy) is 5. The largest absolute Gasteiger partial charge is 0.394 e. The van der Waals surface area contributed by atoms with Crippen LogP contribution in [-0.4, -0.2) is 156 Å². The summed E-state index contributed by atoms with van der Waals surface area (Å²) in [7, 11) is 0. The molecule has 0 bridgehead atoms. The Balaban J connectivity index is 1.01. The van der Waals surface area contributed by atoms with Crippen molar-refractivity contribution in [2.75, 3.05) is 65.9 Å². The van der Waals surface area contributed by atoms with Crippen LogP contribution < -0.4 is 16.0 Å². The molecule has 2 aromatic rings. The van der Waals surface area contributed by atoms with Gasteiger partial charge >= 0.3 is 0 Å². The van der Waals surface area contributed by atoms with Crippen LogP contribution in [0.1, 0.15) is 63.4 Å². The number of amides is 3. The minimum Gasteiger partial charge on any atom is -0.394 e. The minimum absolute atomic E-state index is 0.0468. The van der Waals surface area contributed by atoms with Gasteiger partial charge in [-0.2, -0.15) is 0 Å². The Hall–Kier alpha value is -4.03. The molecular formula is C41H62N6O12. The van der Waals surface area contributed by atoms with Crippen LogP contribution in [0.25, 0.3) is 11.3 Å². The molecule has 328 valence electrons. The zero-order chi connectivity index (χ0) is 42.2. The predicted molar refractivity (Wildman–Crippen MR) is 213 cm³/mol. The minimum atomic E-state index is -1.48. The van der Waals surface area contributed by atoms with Gasteiger partial charge in [-0.1, -0.05) is 42.3 Å². The van der Waals surface area contributed by atoms with Crippen molar-refractivity contribution in [1.82, 2.24) is 30.9 Å². The highest BCUT2D eigenvalue weighted by atomic mass is 16.7. The monoisotopic (exact) mass is 830 g/mol. The standard InChI is InChI=1S/C41H62N6O12/c1-2-3-11-35(49)42-17-7-6-10-32(44-39(53)31-8-4-5-9-31)40(54)43-18-21-55-23-25-57-26-24-56-22-19-47-27-33(45-46-47)30-14-12-29(13-15-30)16-20-58-41-38(52)37(51)36(50)34(28-48)59-41/h1,12-15,27,31-32,34,36-38,41,48,50-52H,3-11,16-26,28H2,(H,42,49)(H,43,54)(H,44,53)/t32-,34+,36+,37-,38+,41+/m0/s1. The first-order valence-corrected chi connectivity index (χ1v) is 20.6. The van der Waals surface area contributed by atoms with Crippen LogP contribution in [0, 0.1) is 18.3 Å². The lowest BCUT2D eigenvalue weighted by Crippen LogP contribution is -2.59. The first-order valence-electron chi connectivity index (χ1n) is 20.6. The van der Waals surface area contributed by atoms with E-state index in [1.54, 1.807) is 4.68 Å². The first kappa shape index (κ1) is 47.6. The summed E-state index contributed by atoms with van der Waals surface area (Å²) in [6.45, 7) is 3.18. The summed E-state index contributed by atoms with van der Waals surface area (Å²) in [5, 5.41) is 56.3. The van der Waals surface area contributed by atoms with Crippen molar-refractivity contribution in [2.24, 2.45) is 5.92 Å².